The van der Waals surface area contributed by atoms with E-state index in [0.717, 1.165) is 31.5 Å². The number of methoxy groups -OCH3 is 1. The van der Waals surface area contributed by atoms with Gasteiger partial charge in [-0.1, -0.05) is 19.1 Å². The Labute approximate surface area is 110 Å². The van der Waals surface area contributed by atoms with Gasteiger partial charge in [-0.05, 0) is 49.4 Å². The summed E-state index contributed by atoms with van der Waals surface area (Å²) in [6.45, 7) is 3.35. The fourth-order valence-corrected chi connectivity index (χ4v) is 2.42. The van der Waals surface area contributed by atoms with Gasteiger partial charge in [0, 0.05) is 18.8 Å². The van der Waals surface area contributed by atoms with Crippen LogP contribution in [0.5, 0.6) is 0 Å². The molecule has 1 aromatic carbocycles. The maximum Gasteiger partial charge on any atom is 0.0601 e. The first-order chi connectivity index (χ1) is 8.69. The van der Waals surface area contributed by atoms with Crippen molar-refractivity contribution in [1.29, 1.82) is 0 Å². The number of nitrogen functional groups attached to an aromatic ring is 1. The van der Waals surface area contributed by atoms with Crippen LogP contribution in [0.25, 0.3) is 0 Å². The topological polar surface area (TPSA) is 47.3 Å². The molecule has 1 aliphatic rings. The molecule has 0 aliphatic heterocycles. The second-order valence-corrected chi connectivity index (χ2v) is 5.34. The van der Waals surface area contributed by atoms with E-state index in [4.69, 9.17) is 10.5 Å². The van der Waals surface area contributed by atoms with Crippen LogP contribution < -0.4 is 11.1 Å². The fraction of sp³-hybridized carbons (Fsp3) is 0.600. The van der Waals surface area contributed by atoms with Crippen LogP contribution in [0.3, 0.4) is 0 Å². The molecule has 1 saturated carbocycles. The van der Waals surface area contributed by atoms with Crippen molar-refractivity contribution in [2.24, 2.45) is 0 Å². The highest BCUT2D eigenvalue weighted by Gasteiger charge is 2.28. The van der Waals surface area contributed by atoms with Crippen LogP contribution in [0.1, 0.15) is 37.7 Å². The predicted octanol–water partition coefficient (Wildman–Crippen LogP) is 2.53. The van der Waals surface area contributed by atoms with Gasteiger partial charge in [0.1, 0.15) is 0 Å². The summed E-state index contributed by atoms with van der Waals surface area (Å²) in [4.78, 5) is 0. The first kappa shape index (κ1) is 13.4. The van der Waals surface area contributed by atoms with Gasteiger partial charge < -0.3 is 15.8 Å². The van der Waals surface area contributed by atoms with Crippen LogP contribution in [0.4, 0.5) is 5.69 Å². The zero-order valence-electron chi connectivity index (χ0n) is 11.4. The van der Waals surface area contributed by atoms with E-state index in [-0.39, 0.29) is 0 Å². The van der Waals surface area contributed by atoms with Crippen molar-refractivity contribution in [3.05, 3.63) is 29.8 Å². The first-order valence-electron chi connectivity index (χ1n) is 6.80. The van der Waals surface area contributed by atoms with Gasteiger partial charge in [-0.2, -0.15) is 0 Å². The maximum absolute atomic E-state index is 5.69. The second-order valence-electron chi connectivity index (χ2n) is 5.34. The lowest BCUT2D eigenvalue weighted by atomic mass is 9.89. The van der Waals surface area contributed by atoms with Crippen molar-refractivity contribution in [2.45, 2.75) is 44.2 Å². The number of rotatable bonds is 6. The lowest BCUT2D eigenvalue weighted by molar-refractivity contribution is 0.0174. The van der Waals surface area contributed by atoms with Crippen LogP contribution in [0, 0.1) is 0 Å². The summed E-state index contributed by atoms with van der Waals surface area (Å²) < 4.78 is 5.27. The molecule has 1 aliphatic carbocycles. The van der Waals surface area contributed by atoms with E-state index in [2.05, 4.69) is 24.4 Å². The third-order valence-electron chi connectivity index (χ3n) is 3.94. The molecular formula is C15H24N2O. The van der Waals surface area contributed by atoms with Gasteiger partial charge in [-0.25, -0.2) is 0 Å². The number of nitrogens with one attached hydrogen (secondary N) is 1. The molecule has 100 valence electrons. The van der Waals surface area contributed by atoms with E-state index in [9.17, 15) is 0 Å². The molecule has 0 aromatic heterocycles. The van der Waals surface area contributed by atoms with E-state index in [1.54, 1.807) is 7.11 Å². The summed E-state index contributed by atoms with van der Waals surface area (Å²) in [6.07, 6.45) is 3.97. The van der Waals surface area contributed by atoms with Gasteiger partial charge in [0.25, 0.3) is 0 Å². The van der Waals surface area contributed by atoms with E-state index in [1.165, 1.54) is 5.56 Å². The van der Waals surface area contributed by atoms with Gasteiger partial charge in [0.15, 0.2) is 0 Å². The van der Waals surface area contributed by atoms with E-state index < -0.39 is 0 Å². The summed E-state index contributed by atoms with van der Waals surface area (Å²) in [5.74, 6) is 0.580. The summed E-state index contributed by atoms with van der Waals surface area (Å²) >= 11 is 0. The molecule has 1 aromatic rings. The zero-order valence-corrected chi connectivity index (χ0v) is 11.4. The predicted molar refractivity (Wildman–Crippen MR) is 75.7 cm³/mol. The molecule has 0 bridgehead atoms. The number of hydrogen-bond donors (Lipinski definition) is 2. The van der Waals surface area contributed by atoms with Crippen LogP contribution in [0.2, 0.25) is 0 Å². The Balaban J connectivity index is 1.66. The summed E-state index contributed by atoms with van der Waals surface area (Å²) in [7, 11) is 1.80. The van der Waals surface area contributed by atoms with Gasteiger partial charge >= 0.3 is 0 Å². The number of ether oxygens (including phenoxy) is 1. The van der Waals surface area contributed by atoms with Crippen LogP contribution in [-0.4, -0.2) is 25.8 Å². The van der Waals surface area contributed by atoms with Gasteiger partial charge in [0.2, 0.25) is 0 Å². The number of hydrogen-bond acceptors (Lipinski definition) is 3. The average Bonchev–Trinajstić information content (AvgIpc) is 2.32. The Kier molecular flexibility index (Phi) is 4.61. The minimum absolute atomic E-state index is 0.483. The number of anilines is 1. The second kappa shape index (κ2) is 6.21. The molecule has 1 atom stereocenters. The molecule has 0 heterocycles. The molecule has 0 spiro atoms. The highest BCUT2D eigenvalue weighted by molar-refractivity contribution is 5.40. The van der Waals surface area contributed by atoms with Crippen molar-refractivity contribution in [3.63, 3.8) is 0 Å². The van der Waals surface area contributed by atoms with Crippen molar-refractivity contribution in [1.82, 2.24) is 5.32 Å². The number of benzene rings is 1. The summed E-state index contributed by atoms with van der Waals surface area (Å²) in [6, 6.07) is 8.88. The molecule has 3 N–H and O–H groups in total. The largest absolute Gasteiger partial charge is 0.399 e. The molecule has 1 unspecified atom stereocenters. The zero-order chi connectivity index (χ0) is 13.0. The molecule has 1 fully saturated rings. The average molecular weight is 248 g/mol. The Hall–Kier alpha value is -1.06. The van der Waals surface area contributed by atoms with E-state index in [0.29, 0.717) is 18.1 Å². The van der Waals surface area contributed by atoms with Gasteiger partial charge in [-0.15, -0.1) is 0 Å². The van der Waals surface area contributed by atoms with Crippen LogP contribution in [-0.2, 0) is 4.74 Å². The quantitative estimate of drug-likeness (QED) is 0.761. The van der Waals surface area contributed by atoms with Gasteiger partial charge in [0.05, 0.1) is 6.10 Å². The highest BCUT2D eigenvalue weighted by atomic mass is 16.5. The third kappa shape index (κ3) is 3.47. The Bertz CT molecular complexity index is 357. The van der Waals surface area contributed by atoms with Crippen molar-refractivity contribution >= 4 is 5.69 Å². The molecule has 0 radical (unpaired) electrons. The monoisotopic (exact) mass is 248 g/mol. The Morgan fingerprint density at radius 2 is 2.00 bits per heavy atom. The standard InChI is InChI=1S/C15H24N2O/c1-11(12-3-5-13(16)6-4-12)7-8-17-14-9-15(10-14)18-2/h3-6,11,14-15,17H,7-10,16H2,1-2H3. The molecule has 2 rings (SSSR count). The first-order valence-corrected chi connectivity index (χ1v) is 6.80. The van der Waals surface area contributed by atoms with Crippen LogP contribution in [0.15, 0.2) is 24.3 Å². The highest BCUT2D eigenvalue weighted by Crippen LogP contribution is 2.23. The van der Waals surface area contributed by atoms with Crippen molar-refractivity contribution in [3.8, 4) is 0 Å². The third-order valence-corrected chi connectivity index (χ3v) is 3.94. The minimum Gasteiger partial charge on any atom is -0.399 e. The molecule has 18 heavy (non-hydrogen) atoms. The van der Waals surface area contributed by atoms with Crippen molar-refractivity contribution < 1.29 is 4.74 Å². The Morgan fingerprint density at radius 1 is 1.33 bits per heavy atom. The fourth-order valence-electron chi connectivity index (χ4n) is 2.42. The lowest BCUT2D eigenvalue weighted by Crippen LogP contribution is -2.45. The minimum atomic E-state index is 0.483. The number of nitrogens with two attached hydrogens (primary N) is 1. The van der Waals surface area contributed by atoms with Crippen LogP contribution >= 0.6 is 0 Å². The molecule has 3 heteroatoms. The molecule has 0 amide bonds. The summed E-state index contributed by atoms with van der Waals surface area (Å²) in [5, 5.41) is 3.59. The van der Waals surface area contributed by atoms with E-state index in [1.807, 2.05) is 12.1 Å². The van der Waals surface area contributed by atoms with Gasteiger partial charge in [-0.3, -0.25) is 0 Å². The smallest absolute Gasteiger partial charge is 0.0601 e. The lowest BCUT2D eigenvalue weighted by Gasteiger charge is -2.35. The maximum atomic E-state index is 5.69. The van der Waals surface area contributed by atoms with Crippen molar-refractivity contribution in [2.75, 3.05) is 19.4 Å². The molecular weight excluding hydrogens is 224 g/mol. The van der Waals surface area contributed by atoms with E-state index >= 15 is 0 Å². The molecule has 3 nitrogen and oxygen atoms in total. The molecule has 0 saturated heterocycles. The normalized spacial score (nSPS) is 24.6. The summed E-state index contributed by atoms with van der Waals surface area (Å²) in [5.41, 5.74) is 7.90. The SMILES string of the molecule is COC1CC(NCCC(C)c2ccc(N)cc2)C1. The Morgan fingerprint density at radius 3 is 2.61 bits per heavy atom.